The summed E-state index contributed by atoms with van der Waals surface area (Å²) in [7, 11) is 0. The summed E-state index contributed by atoms with van der Waals surface area (Å²) in [5.74, 6) is -0.129. The monoisotopic (exact) mass is 454 g/mol. The summed E-state index contributed by atoms with van der Waals surface area (Å²) in [5, 5.41) is 4.52. The van der Waals surface area contributed by atoms with Crippen molar-refractivity contribution in [2.75, 3.05) is 42.9 Å². The molecule has 0 unspecified atom stereocenters. The van der Waals surface area contributed by atoms with Gasteiger partial charge in [-0.25, -0.2) is 4.98 Å². The van der Waals surface area contributed by atoms with E-state index in [1.54, 1.807) is 0 Å². The topological polar surface area (TPSA) is 48.5 Å². The van der Waals surface area contributed by atoms with Gasteiger partial charge in [-0.05, 0) is 56.3 Å². The van der Waals surface area contributed by atoms with Crippen LogP contribution >= 0.6 is 22.9 Å². The average molecular weight is 455 g/mol. The molecule has 0 spiro atoms. The standard InChI is InChI=1S/C24H27ClN4OS/c1-4-28-10-12-29(13-11-28)20-8-9-21(16(2)14-20)27-23(30)22-17(3)26-24(31-22)18-6-5-7-19(25)15-18/h5-9,14-15H,4,10-13H2,1-3H3,(H,27,30). The highest BCUT2D eigenvalue weighted by atomic mass is 35.5. The Hall–Kier alpha value is -2.41. The Labute approximate surface area is 192 Å². The van der Waals surface area contributed by atoms with E-state index in [-0.39, 0.29) is 5.91 Å². The molecule has 1 aliphatic heterocycles. The lowest BCUT2D eigenvalue weighted by Crippen LogP contribution is -2.46. The molecule has 0 radical (unpaired) electrons. The Kier molecular flexibility index (Phi) is 6.60. The summed E-state index contributed by atoms with van der Waals surface area (Å²) in [6.45, 7) is 11.5. The van der Waals surface area contributed by atoms with Gasteiger partial charge < -0.3 is 15.1 Å². The molecule has 31 heavy (non-hydrogen) atoms. The van der Waals surface area contributed by atoms with Crippen LogP contribution in [0.25, 0.3) is 10.6 Å². The molecular weight excluding hydrogens is 428 g/mol. The van der Waals surface area contributed by atoms with Crippen LogP contribution in [0.5, 0.6) is 0 Å². The second-order valence-corrected chi connectivity index (χ2v) is 9.25. The van der Waals surface area contributed by atoms with Crippen molar-refractivity contribution < 1.29 is 4.79 Å². The lowest BCUT2D eigenvalue weighted by molar-refractivity contribution is 0.102. The molecular formula is C24H27ClN4OS. The Balaban J connectivity index is 1.48. The van der Waals surface area contributed by atoms with Gasteiger partial charge in [0, 0.05) is 48.1 Å². The normalized spacial score (nSPS) is 14.6. The average Bonchev–Trinajstić information content (AvgIpc) is 3.17. The summed E-state index contributed by atoms with van der Waals surface area (Å²) in [6.07, 6.45) is 0. The number of nitrogens with one attached hydrogen (secondary N) is 1. The van der Waals surface area contributed by atoms with E-state index in [0.717, 1.165) is 60.2 Å². The fraction of sp³-hybridized carbons (Fsp3) is 0.333. The Morgan fingerprint density at radius 1 is 1.13 bits per heavy atom. The number of benzene rings is 2. The molecule has 2 heterocycles. The van der Waals surface area contributed by atoms with E-state index < -0.39 is 0 Å². The van der Waals surface area contributed by atoms with Gasteiger partial charge in [-0.15, -0.1) is 11.3 Å². The predicted octanol–water partition coefficient (Wildman–Crippen LogP) is 5.47. The predicted molar refractivity (Wildman–Crippen MR) is 131 cm³/mol. The Bertz CT molecular complexity index is 1090. The number of carbonyl (C=O) groups excluding carboxylic acids is 1. The molecule has 1 aliphatic rings. The van der Waals surface area contributed by atoms with Crippen molar-refractivity contribution in [3.63, 3.8) is 0 Å². The number of likely N-dealkylation sites (N-methyl/N-ethyl adjacent to an activating group) is 1. The SMILES string of the molecule is CCN1CCN(c2ccc(NC(=O)c3sc(-c4cccc(Cl)c4)nc3C)c(C)c2)CC1. The molecule has 1 aromatic heterocycles. The number of piperazine rings is 1. The highest BCUT2D eigenvalue weighted by molar-refractivity contribution is 7.17. The zero-order valence-electron chi connectivity index (χ0n) is 18.1. The lowest BCUT2D eigenvalue weighted by atomic mass is 10.1. The number of aromatic nitrogens is 1. The lowest BCUT2D eigenvalue weighted by Gasteiger charge is -2.35. The van der Waals surface area contributed by atoms with Crippen LogP contribution in [-0.2, 0) is 0 Å². The van der Waals surface area contributed by atoms with E-state index in [9.17, 15) is 4.79 Å². The van der Waals surface area contributed by atoms with Crippen LogP contribution in [0.15, 0.2) is 42.5 Å². The molecule has 7 heteroatoms. The van der Waals surface area contributed by atoms with E-state index in [1.165, 1.54) is 17.0 Å². The van der Waals surface area contributed by atoms with Gasteiger partial charge in [0.05, 0.1) is 5.69 Å². The maximum Gasteiger partial charge on any atom is 0.267 e. The largest absolute Gasteiger partial charge is 0.369 e. The number of hydrogen-bond donors (Lipinski definition) is 1. The maximum atomic E-state index is 13.0. The molecule has 2 aromatic carbocycles. The van der Waals surface area contributed by atoms with Crippen molar-refractivity contribution in [3.8, 4) is 10.6 Å². The van der Waals surface area contributed by atoms with Crippen molar-refractivity contribution in [2.45, 2.75) is 20.8 Å². The molecule has 4 rings (SSSR count). The number of halogens is 1. The van der Waals surface area contributed by atoms with Crippen molar-refractivity contribution >= 4 is 40.2 Å². The van der Waals surface area contributed by atoms with Crippen molar-refractivity contribution in [3.05, 3.63) is 63.6 Å². The third kappa shape index (κ3) is 4.92. The van der Waals surface area contributed by atoms with Crippen LogP contribution in [0.2, 0.25) is 5.02 Å². The minimum absolute atomic E-state index is 0.129. The van der Waals surface area contributed by atoms with Crippen molar-refractivity contribution in [1.29, 1.82) is 0 Å². The first-order valence-corrected chi connectivity index (χ1v) is 11.8. The van der Waals surface area contributed by atoms with E-state index in [2.05, 4.69) is 39.2 Å². The first-order chi connectivity index (χ1) is 14.9. The molecule has 1 amide bonds. The molecule has 0 aliphatic carbocycles. The summed E-state index contributed by atoms with van der Waals surface area (Å²) in [5.41, 5.74) is 4.74. The van der Waals surface area contributed by atoms with Gasteiger partial charge >= 0.3 is 0 Å². The van der Waals surface area contributed by atoms with E-state index in [1.807, 2.05) is 44.2 Å². The molecule has 0 bridgehead atoms. The third-order valence-electron chi connectivity index (χ3n) is 5.72. The summed E-state index contributed by atoms with van der Waals surface area (Å²) in [6, 6.07) is 13.8. The van der Waals surface area contributed by atoms with Crippen LogP contribution < -0.4 is 10.2 Å². The zero-order chi connectivity index (χ0) is 22.0. The number of anilines is 2. The highest BCUT2D eigenvalue weighted by Gasteiger charge is 2.19. The van der Waals surface area contributed by atoms with Crippen LogP contribution in [0, 0.1) is 13.8 Å². The minimum Gasteiger partial charge on any atom is -0.369 e. The molecule has 1 N–H and O–H groups in total. The molecule has 3 aromatic rings. The molecule has 5 nitrogen and oxygen atoms in total. The number of amides is 1. The van der Waals surface area contributed by atoms with Gasteiger partial charge in [0.25, 0.3) is 5.91 Å². The summed E-state index contributed by atoms with van der Waals surface area (Å²) >= 11 is 7.49. The second kappa shape index (κ2) is 9.39. The second-order valence-electron chi connectivity index (χ2n) is 7.82. The van der Waals surface area contributed by atoms with Crippen LogP contribution in [0.3, 0.4) is 0 Å². The molecule has 0 saturated carbocycles. The smallest absolute Gasteiger partial charge is 0.267 e. The fourth-order valence-corrected chi connectivity index (χ4v) is 4.99. The molecule has 162 valence electrons. The Morgan fingerprint density at radius 3 is 2.58 bits per heavy atom. The minimum atomic E-state index is -0.129. The maximum absolute atomic E-state index is 13.0. The van der Waals surface area contributed by atoms with Gasteiger partial charge in [-0.2, -0.15) is 0 Å². The zero-order valence-corrected chi connectivity index (χ0v) is 19.7. The van der Waals surface area contributed by atoms with Crippen molar-refractivity contribution in [2.24, 2.45) is 0 Å². The number of aryl methyl sites for hydroxylation is 2. The van der Waals surface area contributed by atoms with Crippen LogP contribution in [0.1, 0.15) is 27.9 Å². The van der Waals surface area contributed by atoms with Gasteiger partial charge in [0.1, 0.15) is 9.88 Å². The fourth-order valence-electron chi connectivity index (χ4n) is 3.84. The summed E-state index contributed by atoms with van der Waals surface area (Å²) in [4.78, 5) is 23.1. The van der Waals surface area contributed by atoms with Gasteiger partial charge in [0.15, 0.2) is 0 Å². The first kappa shape index (κ1) is 21.8. The Morgan fingerprint density at radius 2 is 1.90 bits per heavy atom. The molecule has 1 fully saturated rings. The summed E-state index contributed by atoms with van der Waals surface area (Å²) < 4.78 is 0. The van der Waals surface area contributed by atoms with E-state index in [4.69, 9.17) is 11.6 Å². The number of hydrogen-bond acceptors (Lipinski definition) is 5. The van der Waals surface area contributed by atoms with Crippen molar-refractivity contribution in [1.82, 2.24) is 9.88 Å². The molecule has 0 atom stereocenters. The third-order valence-corrected chi connectivity index (χ3v) is 7.16. The van der Waals surface area contributed by atoms with Gasteiger partial charge in [0.2, 0.25) is 0 Å². The van der Waals surface area contributed by atoms with E-state index >= 15 is 0 Å². The molecule has 1 saturated heterocycles. The highest BCUT2D eigenvalue weighted by Crippen LogP contribution is 2.31. The number of carbonyl (C=O) groups is 1. The quantitative estimate of drug-likeness (QED) is 0.555. The number of rotatable bonds is 5. The number of nitrogens with zero attached hydrogens (tertiary/aromatic N) is 3. The van der Waals surface area contributed by atoms with Gasteiger partial charge in [-0.3, -0.25) is 4.79 Å². The van der Waals surface area contributed by atoms with E-state index in [0.29, 0.717) is 9.90 Å². The number of thiazole rings is 1. The van der Waals surface area contributed by atoms with Crippen LogP contribution in [0.4, 0.5) is 11.4 Å². The van der Waals surface area contributed by atoms with Crippen LogP contribution in [-0.4, -0.2) is 48.5 Å². The first-order valence-electron chi connectivity index (χ1n) is 10.6. The van der Waals surface area contributed by atoms with Gasteiger partial charge in [-0.1, -0.05) is 30.7 Å².